The van der Waals surface area contributed by atoms with Crippen LogP contribution in [-0.4, -0.2) is 43.2 Å². The highest BCUT2D eigenvalue weighted by Crippen LogP contribution is 2.13. The van der Waals surface area contributed by atoms with Crippen LogP contribution in [-0.2, 0) is 0 Å². The molecule has 0 bridgehead atoms. The van der Waals surface area contributed by atoms with Gasteiger partial charge < -0.3 is 14.7 Å². The normalized spacial score (nSPS) is 10.7. The van der Waals surface area contributed by atoms with Gasteiger partial charge in [-0.15, -0.1) is 0 Å². The molecule has 0 aliphatic carbocycles. The standard InChI is InChI=1S/C16H35N.C13H18O3/c1-4-5-6-7-8-9-10-11-12-13-14-15-16-17(2)3;1-2-3-4-5-10-16-12-8-6-11(7-9-12)13(14)15/h4-16H2,1-3H3;6-9H,2-5,10H2,1H3,(H,14,15). The Balaban J connectivity index is 0.000000621. The predicted octanol–water partition coefficient (Wildman–Crippen LogP) is 8.59. The second-order valence-corrected chi connectivity index (χ2v) is 9.43. The molecule has 0 atom stereocenters. The Bertz CT molecular complexity index is 542. The van der Waals surface area contributed by atoms with Crippen LogP contribution in [0.5, 0.6) is 5.75 Å². The fourth-order valence-corrected chi connectivity index (χ4v) is 3.68. The van der Waals surface area contributed by atoms with Crippen molar-refractivity contribution >= 4 is 5.97 Å². The van der Waals surface area contributed by atoms with Gasteiger partial charge in [-0.25, -0.2) is 4.79 Å². The number of rotatable bonds is 20. The van der Waals surface area contributed by atoms with E-state index in [4.69, 9.17) is 9.84 Å². The summed E-state index contributed by atoms with van der Waals surface area (Å²) in [6, 6.07) is 6.51. The molecule has 0 amide bonds. The van der Waals surface area contributed by atoms with E-state index in [9.17, 15) is 4.79 Å². The summed E-state index contributed by atoms with van der Waals surface area (Å²) in [6.07, 6.45) is 22.0. The van der Waals surface area contributed by atoms with Crippen molar-refractivity contribution in [1.29, 1.82) is 0 Å². The minimum Gasteiger partial charge on any atom is -0.494 e. The van der Waals surface area contributed by atoms with E-state index in [2.05, 4.69) is 32.8 Å². The maximum atomic E-state index is 10.6. The van der Waals surface area contributed by atoms with Crippen LogP contribution in [0.4, 0.5) is 0 Å². The van der Waals surface area contributed by atoms with Gasteiger partial charge in [0.25, 0.3) is 0 Å². The fourth-order valence-electron chi connectivity index (χ4n) is 3.68. The van der Waals surface area contributed by atoms with E-state index in [-0.39, 0.29) is 0 Å². The third kappa shape index (κ3) is 22.0. The quantitative estimate of drug-likeness (QED) is 0.197. The van der Waals surface area contributed by atoms with Crippen LogP contribution in [0.1, 0.15) is 127 Å². The molecule has 4 heteroatoms. The number of hydrogen-bond acceptors (Lipinski definition) is 3. The van der Waals surface area contributed by atoms with E-state index in [0.29, 0.717) is 12.2 Å². The van der Waals surface area contributed by atoms with Crippen LogP contribution in [0.15, 0.2) is 24.3 Å². The lowest BCUT2D eigenvalue weighted by Gasteiger charge is -2.08. The molecule has 0 fully saturated rings. The highest BCUT2D eigenvalue weighted by molar-refractivity contribution is 5.87. The predicted molar refractivity (Wildman–Crippen MR) is 143 cm³/mol. The average molecular weight is 464 g/mol. The zero-order chi connectivity index (χ0) is 24.6. The van der Waals surface area contributed by atoms with E-state index in [1.807, 2.05) is 0 Å². The van der Waals surface area contributed by atoms with E-state index >= 15 is 0 Å². The summed E-state index contributed by atoms with van der Waals surface area (Å²) < 4.78 is 5.49. The Kier molecular flexibility index (Phi) is 22.5. The number of nitrogens with zero attached hydrogens (tertiary/aromatic N) is 1. The highest BCUT2D eigenvalue weighted by atomic mass is 16.5. The van der Waals surface area contributed by atoms with Crippen molar-refractivity contribution in [3.8, 4) is 5.75 Å². The van der Waals surface area contributed by atoms with Crippen LogP contribution in [0.3, 0.4) is 0 Å². The first kappa shape index (κ1) is 31.4. The molecule has 0 aliphatic rings. The summed E-state index contributed by atoms with van der Waals surface area (Å²) in [6.45, 7) is 6.42. The number of carboxylic acids is 1. The van der Waals surface area contributed by atoms with Crippen molar-refractivity contribution in [3.05, 3.63) is 29.8 Å². The van der Waals surface area contributed by atoms with Crippen LogP contribution < -0.4 is 4.74 Å². The SMILES string of the molecule is CCCCCCCCCCCCCCN(C)C.CCCCCCOc1ccc(C(=O)O)cc1. The first-order valence-electron chi connectivity index (χ1n) is 13.6. The van der Waals surface area contributed by atoms with Crippen molar-refractivity contribution in [3.63, 3.8) is 0 Å². The molecule has 1 aromatic rings. The topological polar surface area (TPSA) is 49.8 Å². The summed E-state index contributed by atoms with van der Waals surface area (Å²) in [5, 5.41) is 8.71. The number of unbranched alkanes of at least 4 members (excludes halogenated alkanes) is 14. The summed E-state index contributed by atoms with van der Waals surface area (Å²) in [5.74, 6) is -0.170. The third-order valence-corrected chi connectivity index (χ3v) is 5.83. The first-order chi connectivity index (χ1) is 16.0. The molecule has 33 heavy (non-hydrogen) atoms. The second-order valence-electron chi connectivity index (χ2n) is 9.43. The molecule has 4 nitrogen and oxygen atoms in total. The molecule has 0 radical (unpaired) electrons. The molecule has 0 aromatic heterocycles. The van der Waals surface area contributed by atoms with E-state index < -0.39 is 5.97 Å². The summed E-state index contributed by atoms with van der Waals surface area (Å²) in [5.41, 5.74) is 0.290. The van der Waals surface area contributed by atoms with Gasteiger partial charge in [0.05, 0.1) is 12.2 Å². The van der Waals surface area contributed by atoms with E-state index in [1.165, 1.54) is 103 Å². The van der Waals surface area contributed by atoms with Crippen molar-refractivity contribution in [2.75, 3.05) is 27.2 Å². The van der Waals surface area contributed by atoms with Gasteiger partial charge in [0.15, 0.2) is 0 Å². The molecular weight excluding hydrogens is 410 g/mol. The van der Waals surface area contributed by atoms with Gasteiger partial charge in [0, 0.05) is 0 Å². The average Bonchev–Trinajstić information content (AvgIpc) is 2.80. The number of aromatic carboxylic acids is 1. The molecule has 192 valence electrons. The largest absolute Gasteiger partial charge is 0.494 e. The Morgan fingerprint density at radius 2 is 1.12 bits per heavy atom. The Hall–Kier alpha value is -1.55. The van der Waals surface area contributed by atoms with Gasteiger partial charge >= 0.3 is 5.97 Å². The van der Waals surface area contributed by atoms with Crippen LogP contribution in [0.2, 0.25) is 0 Å². The Labute approximate surface area is 205 Å². The summed E-state index contributed by atoms with van der Waals surface area (Å²) in [7, 11) is 4.33. The lowest BCUT2D eigenvalue weighted by Crippen LogP contribution is -2.12. The highest BCUT2D eigenvalue weighted by Gasteiger charge is 2.01. The Morgan fingerprint density at radius 1 is 0.697 bits per heavy atom. The zero-order valence-electron chi connectivity index (χ0n) is 22.2. The maximum absolute atomic E-state index is 10.6. The number of carboxylic acid groups (broad SMARTS) is 1. The monoisotopic (exact) mass is 463 g/mol. The molecule has 1 aromatic carbocycles. The second kappa shape index (κ2) is 23.6. The van der Waals surface area contributed by atoms with Crippen molar-refractivity contribution in [2.24, 2.45) is 0 Å². The maximum Gasteiger partial charge on any atom is 0.335 e. The van der Waals surface area contributed by atoms with E-state index in [0.717, 1.165) is 12.2 Å². The molecular formula is C29H53NO3. The molecule has 0 heterocycles. The molecule has 1 N–H and O–H groups in total. The van der Waals surface area contributed by atoms with Crippen molar-refractivity contribution < 1.29 is 14.6 Å². The minimum atomic E-state index is -0.908. The molecule has 0 unspecified atom stereocenters. The molecule has 0 saturated heterocycles. The summed E-state index contributed by atoms with van der Waals surface area (Å²) >= 11 is 0. The number of carbonyl (C=O) groups is 1. The Morgan fingerprint density at radius 3 is 1.55 bits per heavy atom. The van der Waals surface area contributed by atoms with Crippen LogP contribution >= 0.6 is 0 Å². The number of ether oxygens (including phenoxy) is 1. The zero-order valence-corrected chi connectivity index (χ0v) is 22.2. The fraction of sp³-hybridized carbons (Fsp3) is 0.759. The third-order valence-electron chi connectivity index (χ3n) is 5.83. The van der Waals surface area contributed by atoms with Gasteiger partial charge in [-0.1, -0.05) is 104 Å². The van der Waals surface area contributed by atoms with Crippen molar-refractivity contribution in [2.45, 2.75) is 117 Å². The van der Waals surface area contributed by atoms with Gasteiger partial charge in [-0.3, -0.25) is 0 Å². The van der Waals surface area contributed by atoms with E-state index in [1.54, 1.807) is 24.3 Å². The van der Waals surface area contributed by atoms with Gasteiger partial charge in [-0.2, -0.15) is 0 Å². The summed E-state index contributed by atoms with van der Waals surface area (Å²) in [4.78, 5) is 12.9. The molecule has 0 spiro atoms. The van der Waals surface area contributed by atoms with Crippen LogP contribution in [0, 0.1) is 0 Å². The lowest BCUT2D eigenvalue weighted by molar-refractivity contribution is 0.0697. The number of hydrogen-bond donors (Lipinski definition) is 1. The molecule has 0 saturated carbocycles. The van der Waals surface area contributed by atoms with Gasteiger partial charge in [-0.05, 0) is 57.7 Å². The van der Waals surface area contributed by atoms with Gasteiger partial charge in [0.2, 0.25) is 0 Å². The lowest BCUT2D eigenvalue weighted by atomic mass is 10.1. The number of benzene rings is 1. The van der Waals surface area contributed by atoms with Gasteiger partial charge in [0.1, 0.15) is 5.75 Å². The molecule has 1 rings (SSSR count). The smallest absolute Gasteiger partial charge is 0.335 e. The van der Waals surface area contributed by atoms with Crippen molar-refractivity contribution in [1.82, 2.24) is 4.90 Å². The van der Waals surface area contributed by atoms with Crippen LogP contribution in [0.25, 0.3) is 0 Å². The molecule has 0 aliphatic heterocycles. The minimum absolute atomic E-state index is 0.290. The first-order valence-corrected chi connectivity index (χ1v) is 13.6.